The van der Waals surface area contributed by atoms with E-state index in [0.717, 1.165) is 40.7 Å². The molecule has 228 valence electrons. The average molecular weight is 730 g/mol. The largest absolute Gasteiger partial charge is 0.494 e. The Labute approximate surface area is 287 Å². The van der Waals surface area contributed by atoms with Crippen LogP contribution < -0.4 is 4.74 Å². The molecule has 46 heavy (non-hydrogen) atoms. The van der Waals surface area contributed by atoms with Crippen molar-refractivity contribution in [2.24, 2.45) is 0 Å². The van der Waals surface area contributed by atoms with Crippen molar-refractivity contribution in [3.8, 4) is 39.1 Å². The van der Waals surface area contributed by atoms with Crippen molar-refractivity contribution in [2.75, 3.05) is 6.61 Å². The normalized spacial score (nSPS) is 11.3. The Bertz CT molecular complexity index is 1960. The number of nitrogens with zero attached hydrogens (tertiary/aromatic N) is 1. The summed E-state index contributed by atoms with van der Waals surface area (Å²) in [5.41, 5.74) is 9.81. The molecular weight excluding hydrogens is 694 g/mol. The van der Waals surface area contributed by atoms with E-state index in [4.69, 9.17) is 4.74 Å². The lowest BCUT2D eigenvalue weighted by atomic mass is 9.93. The molecule has 7 rings (SSSR count). The SMILES string of the molecule is Brc1ccc(-c2cc(-c3ccc(Br)cc3)cc(-c3ccc(OCCCCCCn4c5ccccc5c5ccccc54)cc3)c2)cc1. The number of ether oxygens (including phenoxy) is 1. The first kappa shape index (κ1) is 30.5. The van der Waals surface area contributed by atoms with Crippen LogP contribution in [0.25, 0.3) is 55.2 Å². The van der Waals surface area contributed by atoms with Crippen LogP contribution >= 0.6 is 31.9 Å². The fraction of sp³-hybridized carbons (Fsp3) is 0.143. The molecule has 0 aliphatic carbocycles. The second-order valence-corrected chi connectivity index (χ2v) is 13.6. The number of para-hydroxylation sites is 2. The Morgan fingerprint density at radius 3 is 1.37 bits per heavy atom. The predicted molar refractivity (Wildman–Crippen MR) is 202 cm³/mol. The van der Waals surface area contributed by atoms with Gasteiger partial charge in [-0.3, -0.25) is 0 Å². The summed E-state index contributed by atoms with van der Waals surface area (Å²) in [4.78, 5) is 0. The molecule has 0 saturated heterocycles. The first-order valence-electron chi connectivity index (χ1n) is 16.0. The van der Waals surface area contributed by atoms with Crippen molar-refractivity contribution in [1.29, 1.82) is 0 Å². The number of rotatable bonds is 11. The van der Waals surface area contributed by atoms with Gasteiger partial charge in [0.1, 0.15) is 5.75 Å². The standard InChI is InChI=1S/C42H35Br2NO/c43-36-19-13-30(14-20-36)33-27-34(31-15-21-37(44)22-16-31)29-35(28-33)32-17-23-38(24-18-32)46-26-8-2-1-7-25-45-41-11-5-3-9-39(41)40-10-4-6-12-42(40)45/h3-6,9-24,27-29H,1-2,7-8,25-26H2. The summed E-state index contributed by atoms with van der Waals surface area (Å²) in [7, 11) is 0. The molecule has 7 aromatic rings. The van der Waals surface area contributed by atoms with Gasteiger partial charge in [0.2, 0.25) is 0 Å². The smallest absolute Gasteiger partial charge is 0.119 e. The van der Waals surface area contributed by atoms with Gasteiger partial charge in [0.05, 0.1) is 6.61 Å². The maximum Gasteiger partial charge on any atom is 0.119 e. The van der Waals surface area contributed by atoms with Gasteiger partial charge in [-0.15, -0.1) is 0 Å². The lowest BCUT2D eigenvalue weighted by Crippen LogP contribution is -2.00. The van der Waals surface area contributed by atoms with Crippen molar-refractivity contribution in [3.05, 3.63) is 148 Å². The van der Waals surface area contributed by atoms with Crippen LogP contribution in [0.15, 0.2) is 148 Å². The number of benzene rings is 6. The number of aryl methyl sites for hydroxylation is 1. The zero-order valence-corrected chi connectivity index (χ0v) is 28.8. The average Bonchev–Trinajstić information content (AvgIpc) is 3.42. The third-order valence-corrected chi connectivity index (χ3v) is 9.76. The number of hydrogen-bond acceptors (Lipinski definition) is 1. The van der Waals surface area contributed by atoms with E-state index in [0.29, 0.717) is 0 Å². The fourth-order valence-electron chi connectivity index (χ4n) is 6.32. The Morgan fingerprint density at radius 1 is 0.435 bits per heavy atom. The maximum atomic E-state index is 6.16. The second kappa shape index (κ2) is 14.1. The number of halogens is 2. The second-order valence-electron chi connectivity index (χ2n) is 11.8. The summed E-state index contributed by atoms with van der Waals surface area (Å²) < 4.78 is 10.8. The zero-order valence-electron chi connectivity index (χ0n) is 25.6. The summed E-state index contributed by atoms with van der Waals surface area (Å²) >= 11 is 7.14. The van der Waals surface area contributed by atoms with Crippen LogP contribution in [0.1, 0.15) is 25.7 Å². The van der Waals surface area contributed by atoms with E-state index in [1.807, 2.05) is 0 Å². The minimum Gasteiger partial charge on any atom is -0.494 e. The molecule has 4 heteroatoms. The van der Waals surface area contributed by atoms with Gasteiger partial charge >= 0.3 is 0 Å². The van der Waals surface area contributed by atoms with Crippen LogP contribution in [0.3, 0.4) is 0 Å². The molecule has 0 atom stereocenters. The van der Waals surface area contributed by atoms with Gasteiger partial charge < -0.3 is 9.30 Å². The minimum atomic E-state index is 0.738. The molecule has 0 saturated carbocycles. The molecule has 0 N–H and O–H groups in total. The molecule has 0 spiro atoms. The molecule has 0 bridgehead atoms. The number of fused-ring (bicyclic) bond motifs is 3. The van der Waals surface area contributed by atoms with E-state index in [-0.39, 0.29) is 0 Å². The monoisotopic (exact) mass is 727 g/mol. The molecule has 1 aromatic heterocycles. The lowest BCUT2D eigenvalue weighted by molar-refractivity contribution is 0.304. The van der Waals surface area contributed by atoms with E-state index >= 15 is 0 Å². The van der Waals surface area contributed by atoms with Crippen LogP contribution in [-0.4, -0.2) is 11.2 Å². The topological polar surface area (TPSA) is 14.2 Å². The minimum absolute atomic E-state index is 0.738. The number of unbranched alkanes of at least 4 members (excludes halogenated alkanes) is 3. The van der Waals surface area contributed by atoms with Gasteiger partial charge in [-0.25, -0.2) is 0 Å². The van der Waals surface area contributed by atoms with Crippen LogP contribution in [-0.2, 0) is 6.54 Å². The highest BCUT2D eigenvalue weighted by molar-refractivity contribution is 9.10. The summed E-state index contributed by atoms with van der Waals surface area (Å²) in [5, 5.41) is 2.69. The highest BCUT2D eigenvalue weighted by atomic mass is 79.9. The zero-order chi connectivity index (χ0) is 31.3. The maximum absolute atomic E-state index is 6.16. The third kappa shape index (κ3) is 6.84. The molecular formula is C42H35Br2NO. The van der Waals surface area contributed by atoms with Crippen LogP contribution in [0.2, 0.25) is 0 Å². The molecule has 0 radical (unpaired) electrons. The molecule has 2 nitrogen and oxygen atoms in total. The van der Waals surface area contributed by atoms with Crippen molar-refractivity contribution >= 4 is 53.7 Å². The molecule has 0 fully saturated rings. The summed E-state index contributed by atoms with van der Waals surface area (Å²) in [6, 6.07) is 49.9. The highest BCUT2D eigenvalue weighted by Crippen LogP contribution is 2.35. The number of aromatic nitrogens is 1. The third-order valence-electron chi connectivity index (χ3n) is 8.70. The van der Waals surface area contributed by atoms with Gasteiger partial charge in [0.15, 0.2) is 0 Å². The van der Waals surface area contributed by atoms with Crippen molar-refractivity contribution in [3.63, 3.8) is 0 Å². The van der Waals surface area contributed by atoms with Gasteiger partial charge in [0.25, 0.3) is 0 Å². The Kier molecular flexibility index (Phi) is 9.36. The molecule has 0 amide bonds. The first-order chi connectivity index (χ1) is 22.6. The Morgan fingerprint density at radius 2 is 0.870 bits per heavy atom. The van der Waals surface area contributed by atoms with Crippen molar-refractivity contribution in [2.45, 2.75) is 32.2 Å². The van der Waals surface area contributed by atoms with Crippen LogP contribution in [0, 0.1) is 0 Å². The van der Waals surface area contributed by atoms with Gasteiger partial charge in [0, 0.05) is 37.3 Å². The summed E-state index contributed by atoms with van der Waals surface area (Å²) in [5.74, 6) is 0.922. The molecule has 6 aromatic carbocycles. The van der Waals surface area contributed by atoms with Crippen LogP contribution in [0.4, 0.5) is 0 Å². The van der Waals surface area contributed by atoms with E-state index in [1.54, 1.807) is 0 Å². The van der Waals surface area contributed by atoms with E-state index < -0.39 is 0 Å². The summed E-state index contributed by atoms with van der Waals surface area (Å²) in [6.45, 7) is 1.78. The molecule has 1 heterocycles. The van der Waals surface area contributed by atoms with E-state index in [1.165, 1.54) is 68.0 Å². The van der Waals surface area contributed by atoms with Gasteiger partial charge in [-0.05, 0) is 113 Å². The van der Waals surface area contributed by atoms with Gasteiger partial charge in [-0.2, -0.15) is 0 Å². The van der Waals surface area contributed by atoms with Crippen molar-refractivity contribution < 1.29 is 4.74 Å². The molecule has 0 aliphatic rings. The highest BCUT2D eigenvalue weighted by Gasteiger charge is 2.10. The Balaban J connectivity index is 0.967. The summed E-state index contributed by atoms with van der Waals surface area (Å²) in [6.07, 6.45) is 4.58. The first-order valence-corrected chi connectivity index (χ1v) is 17.6. The fourth-order valence-corrected chi connectivity index (χ4v) is 6.84. The molecule has 0 aliphatic heterocycles. The van der Waals surface area contributed by atoms with Gasteiger partial charge in [-0.1, -0.05) is 117 Å². The quantitative estimate of drug-likeness (QED) is 0.121. The number of hydrogen-bond donors (Lipinski definition) is 0. The van der Waals surface area contributed by atoms with E-state index in [9.17, 15) is 0 Å². The van der Waals surface area contributed by atoms with Crippen molar-refractivity contribution in [1.82, 2.24) is 4.57 Å². The van der Waals surface area contributed by atoms with E-state index in [2.05, 4.69) is 176 Å². The molecule has 0 unspecified atom stereocenters. The van der Waals surface area contributed by atoms with Crippen LogP contribution in [0.5, 0.6) is 5.75 Å². The Hall–Kier alpha value is -4.12. The predicted octanol–water partition coefficient (Wildman–Crippen LogP) is 13.0. The lowest BCUT2D eigenvalue weighted by Gasteiger charge is -2.12.